The molecule has 3 heterocycles. The van der Waals surface area contributed by atoms with E-state index in [0.29, 0.717) is 6.04 Å². The Kier molecular flexibility index (Phi) is 2.63. The van der Waals surface area contributed by atoms with Crippen LogP contribution in [0.3, 0.4) is 0 Å². The normalized spacial score (nSPS) is 18.9. The fraction of sp³-hybridized carbons (Fsp3) is 0.312. The van der Waals surface area contributed by atoms with Gasteiger partial charge in [-0.1, -0.05) is 18.2 Å². The molecule has 0 aliphatic carbocycles. The van der Waals surface area contributed by atoms with Crippen LogP contribution >= 0.6 is 0 Å². The summed E-state index contributed by atoms with van der Waals surface area (Å²) in [6.07, 6.45) is 6.57. The Morgan fingerprint density at radius 2 is 2.15 bits per heavy atom. The molecular weight excluding hydrogens is 248 g/mol. The molecule has 0 bridgehead atoms. The molecule has 1 aliphatic heterocycles. The van der Waals surface area contributed by atoms with Gasteiger partial charge < -0.3 is 9.88 Å². The maximum Gasteiger partial charge on any atom is 0.0600 e. The number of nitrogens with one attached hydrogen (secondary N) is 2. The molecule has 2 N–H and O–H groups in total. The predicted molar refractivity (Wildman–Crippen MR) is 80.5 cm³/mol. The van der Waals surface area contributed by atoms with Crippen LogP contribution in [0.1, 0.15) is 24.6 Å². The van der Waals surface area contributed by atoms with Crippen molar-refractivity contribution in [3.8, 4) is 11.1 Å². The smallest absolute Gasteiger partial charge is 0.0600 e. The second kappa shape index (κ2) is 4.49. The van der Waals surface area contributed by atoms with Gasteiger partial charge in [-0.25, -0.2) is 0 Å². The molecule has 1 fully saturated rings. The minimum absolute atomic E-state index is 0.409. The van der Waals surface area contributed by atoms with Crippen LogP contribution in [0.4, 0.5) is 0 Å². The van der Waals surface area contributed by atoms with Crippen molar-refractivity contribution in [2.24, 2.45) is 7.05 Å². The Morgan fingerprint density at radius 1 is 1.25 bits per heavy atom. The van der Waals surface area contributed by atoms with Crippen molar-refractivity contribution in [3.05, 3.63) is 42.4 Å². The van der Waals surface area contributed by atoms with Gasteiger partial charge in [-0.2, -0.15) is 5.10 Å². The van der Waals surface area contributed by atoms with E-state index >= 15 is 0 Å². The van der Waals surface area contributed by atoms with Gasteiger partial charge in [-0.05, 0) is 25.5 Å². The van der Waals surface area contributed by atoms with Gasteiger partial charge in [-0.15, -0.1) is 0 Å². The summed E-state index contributed by atoms with van der Waals surface area (Å²) in [5.74, 6) is 0. The summed E-state index contributed by atoms with van der Waals surface area (Å²) in [5, 5.41) is 12.3. The van der Waals surface area contributed by atoms with Crippen LogP contribution in [-0.2, 0) is 7.05 Å². The first-order chi connectivity index (χ1) is 9.84. The lowest BCUT2D eigenvalue weighted by Gasteiger charge is -2.10. The quantitative estimate of drug-likeness (QED) is 0.749. The van der Waals surface area contributed by atoms with Gasteiger partial charge in [0.15, 0.2) is 0 Å². The van der Waals surface area contributed by atoms with Crippen molar-refractivity contribution in [2.75, 3.05) is 6.54 Å². The highest BCUT2D eigenvalue weighted by Crippen LogP contribution is 2.35. The van der Waals surface area contributed by atoms with E-state index in [-0.39, 0.29) is 0 Å². The van der Waals surface area contributed by atoms with Gasteiger partial charge in [0.05, 0.1) is 11.9 Å². The second-order valence-electron chi connectivity index (χ2n) is 5.52. The minimum atomic E-state index is 0.409. The summed E-state index contributed by atoms with van der Waals surface area (Å²) in [4.78, 5) is 0. The fourth-order valence-electron chi connectivity index (χ4n) is 3.26. The van der Waals surface area contributed by atoms with Crippen LogP contribution in [0.2, 0.25) is 0 Å². The molecular formula is C16H18N4. The fourth-order valence-corrected chi connectivity index (χ4v) is 3.26. The van der Waals surface area contributed by atoms with Crippen LogP contribution in [0.5, 0.6) is 0 Å². The second-order valence-corrected chi connectivity index (χ2v) is 5.52. The Morgan fingerprint density at radius 3 is 3.00 bits per heavy atom. The number of H-pyrrole nitrogens is 1. The molecule has 4 rings (SSSR count). The van der Waals surface area contributed by atoms with Gasteiger partial charge in [0.2, 0.25) is 0 Å². The van der Waals surface area contributed by atoms with Crippen molar-refractivity contribution in [3.63, 3.8) is 0 Å². The minimum Gasteiger partial charge on any atom is -0.350 e. The third-order valence-electron chi connectivity index (χ3n) is 4.26. The predicted octanol–water partition coefficient (Wildman–Crippen LogP) is 2.99. The van der Waals surface area contributed by atoms with Crippen molar-refractivity contribution in [2.45, 2.75) is 18.9 Å². The molecule has 4 nitrogen and oxygen atoms in total. The number of aromatic amines is 1. The van der Waals surface area contributed by atoms with E-state index in [0.717, 1.165) is 6.54 Å². The Hall–Kier alpha value is -2.07. The SMILES string of the molecule is Cn1cc(-c2cn[nH]c2C2CCCN2)c2ccccc21. The average Bonchev–Trinajstić information content (AvgIpc) is 3.17. The van der Waals surface area contributed by atoms with E-state index in [4.69, 9.17) is 0 Å². The highest BCUT2D eigenvalue weighted by molar-refractivity contribution is 5.96. The number of hydrogen-bond acceptors (Lipinski definition) is 2. The molecule has 2 aromatic heterocycles. The maximum atomic E-state index is 4.28. The Balaban J connectivity index is 1.89. The van der Waals surface area contributed by atoms with Gasteiger partial charge in [-0.3, -0.25) is 5.10 Å². The molecule has 0 radical (unpaired) electrons. The first-order valence-corrected chi connectivity index (χ1v) is 7.15. The number of aromatic nitrogens is 3. The van der Waals surface area contributed by atoms with Crippen LogP contribution in [-0.4, -0.2) is 21.3 Å². The molecule has 4 heteroatoms. The molecule has 1 saturated heterocycles. The number of para-hydroxylation sites is 1. The van der Waals surface area contributed by atoms with Gasteiger partial charge in [0, 0.05) is 41.3 Å². The zero-order chi connectivity index (χ0) is 13.5. The van der Waals surface area contributed by atoms with Crippen LogP contribution in [0.15, 0.2) is 36.7 Å². The van der Waals surface area contributed by atoms with E-state index in [9.17, 15) is 0 Å². The first kappa shape index (κ1) is 11.7. The summed E-state index contributed by atoms with van der Waals surface area (Å²) >= 11 is 0. The third-order valence-corrected chi connectivity index (χ3v) is 4.26. The number of rotatable bonds is 2. The Labute approximate surface area is 117 Å². The molecule has 102 valence electrons. The molecule has 1 unspecified atom stereocenters. The van der Waals surface area contributed by atoms with Crippen molar-refractivity contribution in [1.82, 2.24) is 20.1 Å². The third kappa shape index (κ3) is 1.68. The summed E-state index contributed by atoms with van der Waals surface area (Å²) < 4.78 is 2.18. The first-order valence-electron chi connectivity index (χ1n) is 7.15. The van der Waals surface area contributed by atoms with Crippen LogP contribution in [0.25, 0.3) is 22.0 Å². The Bertz CT molecular complexity index is 747. The largest absolute Gasteiger partial charge is 0.350 e. The van der Waals surface area contributed by atoms with E-state index in [1.165, 1.54) is 40.6 Å². The van der Waals surface area contributed by atoms with Gasteiger partial charge in [0.1, 0.15) is 0 Å². The molecule has 1 aliphatic rings. The summed E-state index contributed by atoms with van der Waals surface area (Å²) in [6, 6.07) is 8.93. The highest BCUT2D eigenvalue weighted by atomic mass is 15.1. The van der Waals surface area contributed by atoms with E-state index in [2.05, 4.69) is 57.6 Å². The molecule has 0 spiro atoms. The number of aryl methyl sites for hydroxylation is 1. The topological polar surface area (TPSA) is 45.6 Å². The average molecular weight is 266 g/mol. The van der Waals surface area contributed by atoms with Crippen molar-refractivity contribution < 1.29 is 0 Å². The number of nitrogens with zero attached hydrogens (tertiary/aromatic N) is 2. The zero-order valence-electron chi connectivity index (χ0n) is 11.6. The molecule has 20 heavy (non-hydrogen) atoms. The van der Waals surface area contributed by atoms with E-state index in [1.807, 2.05) is 6.20 Å². The number of hydrogen-bond donors (Lipinski definition) is 2. The lowest BCUT2D eigenvalue weighted by molar-refractivity contribution is 0.626. The molecule has 3 aromatic rings. The maximum absolute atomic E-state index is 4.28. The molecule has 0 saturated carbocycles. The van der Waals surface area contributed by atoms with Gasteiger partial charge in [0.25, 0.3) is 0 Å². The van der Waals surface area contributed by atoms with E-state index < -0.39 is 0 Å². The number of fused-ring (bicyclic) bond motifs is 1. The van der Waals surface area contributed by atoms with Crippen molar-refractivity contribution in [1.29, 1.82) is 0 Å². The van der Waals surface area contributed by atoms with Crippen LogP contribution in [0, 0.1) is 0 Å². The van der Waals surface area contributed by atoms with Gasteiger partial charge >= 0.3 is 0 Å². The van der Waals surface area contributed by atoms with Crippen LogP contribution < -0.4 is 5.32 Å². The molecule has 1 atom stereocenters. The molecule has 0 amide bonds. The molecule has 1 aromatic carbocycles. The van der Waals surface area contributed by atoms with Crippen molar-refractivity contribution >= 4 is 10.9 Å². The summed E-state index contributed by atoms with van der Waals surface area (Å²) in [6.45, 7) is 1.10. The van der Waals surface area contributed by atoms with E-state index in [1.54, 1.807) is 0 Å². The highest BCUT2D eigenvalue weighted by Gasteiger charge is 2.23. The summed E-state index contributed by atoms with van der Waals surface area (Å²) in [7, 11) is 2.10. The zero-order valence-corrected chi connectivity index (χ0v) is 11.6. The lowest BCUT2D eigenvalue weighted by atomic mass is 10.0. The number of benzene rings is 1. The standard InChI is InChI=1S/C16H18N4/c1-20-10-13(11-5-2-3-7-15(11)20)12-9-18-19-16(12)14-6-4-8-17-14/h2-3,5,7,9-10,14,17H,4,6,8H2,1H3,(H,18,19). The summed E-state index contributed by atoms with van der Waals surface area (Å²) in [5.41, 5.74) is 4.97. The monoisotopic (exact) mass is 266 g/mol. The lowest BCUT2D eigenvalue weighted by Crippen LogP contribution is -2.14.